The van der Waals surface area contributed by atoms with E-state index in [1.807, 2.05) is 0 Å². The summed E-state index contributed by atoms with van der Waals surface area (Å²) in [6.07, 6.45) is 1.37. The summed E-state index contributed by atoms with van der Waals surface area (Å²) in [4.78, 5) is 3.97. The molecule has 1 aromatic heterocycles. The first-order valence-corrected chi connectivity index (χ1v) is 7.83. The zero-order valence-electron chi connectivity index (χ0n) is 11.0. The average molecular weight is 308 g/mol. The van der Waals surface area contributed by atoms with Gasteiger partial charge in [-0.1, -0.05) is 12.1 Å². The van der Waals surface area contributed by atoms with E-state index >= 15 is 0 Å². The molecule has 7 heteroatoms. The fourth-order valence-electron chi connectivity index (χ4n) is 2.04. The molecule has 0 spiro atoms. The second-order valence-corrected chi connectivity index (χ2v) is 6.63. The van der Waals surface area contributed by atoms with Crippen LogP contribution < -0.4 is 4.74 Å². The molecule has 5 nitrogen and oxygen atoms in total. The van der Waals surface area contributed by atoms with Crippen LogP contribution in [0.2, 0.25) is 0 Å². The minimum atomic E-state index is -3.66. The van der Waals surface area contributed by atoms with Gasteiger partial charge in [0.1, 0.15) is 11.9 Å². The minimum absolute atomic E-state index is 0.0428. The third kappa shape index (κ3) is 2.88. The summed E-state index contributed by atoms with van der Waals surface area (Å²) in [5.41, 5.74) is 0. The van der Waals surface area contributed by atoms with Gasteiger partial charge < -0.3 is 4.74 Å². The summed E-state index contributed by atoms with van der Waals surface area (Å²) >= 11 is 0. The van der Waals surface area contributed by atoms with Crippen LogP contribution in [-0.4, -0.2) is 36.9 Å². The van der Waals surface area contributed by atoms with Gasteiger partial charge in [0.05, 0.1) is 18.0 Å². The summed E-state index contributed by atoms with van der Waals surface area (Å²) in [5.74, 6) is -0.108. The van der Waals surface area contributed by atoms with Crippen molar-refractivity contribution in [2.75, 3.05) is 13.1 Å². The Labute approximate surface area is 122 Å². The lowest BCUT2D eigenvalue weighted by molar-refractivity contribution is 0.0721. The molecule has 0 atom stereocenters. The summed E-state index contributed by atoms with van der Waals surface area (Å²) < 4.78 is 44.4. The van der Waals surface area contributed by atoms with Crippen LogP contribution in [0.1, 0.15) is 0 Å². The van der Waals surface area contributed by atoms with Crippen LogP contribution >= 0.6 is 0 Å². The van der Waals surface area contributed by atoms with Gasteiger partial charge in [-0.25, -0.2) is 17.8 Å². The molecule has 1 aliphatic rings. The first kappa shape index (κ1) is 14.0. The SMILES string of the molecule is O=S(=O)(c1cccc(F)c1)N1CC(Oc2ccccn2)C1. The lowest BCUT2D eigenvalue weighted by Gasteiger charge is -2.37. The van der Waals surface area contributed by atoms with Crippen molar-refractivity contribution in [3.05, 3.63) is 54.5 Å². The number of pyridine rings is 1. The van der Waals surface area contributed by atoms with Crippen molar-refractivity contribution < 1.29 is 17.5 Å². The molecule has 0 unspecified atom stereocenters. The zero-order chi connectivity index (χ0) is 14.9. The molecule has 1 aromatic carbocycles. The van der Waals surface area contributed by atoms with Gasteiger partial charge in [-0.3, -0.25) is 0 Å². The van der Waals surface area contributed by atoms with Gasteiger partial charge in [-0.15, -0.1) is 0 Å². The van der Waals surface area contributed by atoms with Gasteiger partial charge in [0.25, 0.3) is 0 Å². The second kappa shape index (κ2) is 5.42. The molecule has 0 aliphatic carbocycles. The Balaban J connectivity index is 1.65. The van der Waals surface area contributed by atoms with Crippen LogP contribution in [0.15, 0.2) is 53.6 Å². The smallest absolute Gasteiger partial charge is 0.243 e. The van der Waals surface area contributed by atoms with Gasteiger partial charge >= 0.3 is 0 Å². The van der Waals surface area contributed by atoms with E-state index < -0.39 is 15.8 Å². The lowest BCUT2D eigenvalue weighted by Crippen LogP contribution is -2.56. The fraction of sp³-hybridized carbons (Fsp3) is 0.214. The summed E-state index contributed by atoms with van der Waals surface area (Å²) in [6, 6.07) is 10.3. The third-order valence-corrected chi connectivity index (χ3v) is 5.00. The molecule has 1 saturated heterocycles. The molecule has 2 heterocycles. The Bertz CT molecular complexity index is 731. The van der Waals surface area contributed by atoms with Crippen molar-refractivity contribution in [3.8, 4) is 5.88 Å². The molecule has 0 amide bonds. The second-order valence-electron chi connectivity index (χ2n) is 4.69. The highest BCUT2D eigenvalue weighted by Gasteiger charge is 2.38. The number of benzene rings is 1. The number of aromatic nitrogens is 1. The molecule has 2 aromatic rings. The molecule has 0 radical (unpaired) electrons. The normalized spacial score (nSPS) is 16.4. The number of hydrogen-bond donors (Lipinski definition) is 0. The van der Waals surface area contributed by atoms with Gasteiger partial charge in [0.15, 0.2) is 0 Å². The Hall–Kier alpha value is -1.99. The number of sulfonamides is 1. The number of hydrogen-bond acceptors (Lipinski definition) is 4. The van der Waals surface area contributed by atoms with Gasteiger partial charge in [0.2, 0.25) is 15.9 Å². The van der Waals surface area contributed by atoms with Gasteiger partial charge in [-0.05, 0) is 24.3 Å². The Kier molecular flexibility index (Phi) is 3.60. The summed E-state index contributed by atoms with van der Waals surface area (Å²) in [5, 5.41) is 0. The maximum atomic E-state index is 13.1. The molecule has 0 saturated carbocycles. The van der Waals surface area contributed by atoms with E-state index in [4.69, 9.17) is 4.74 Å². The van der Waals surface area contributed by atoms with E-state index in [0.717, 1.165) is 6.07 Å². The quantitative estimate of drug-likeness (QED) is 0.862. The molecule has 0 bridgehead atoms. The van der Waals surface area contributed by atoms with Crippen molar-refractivity contribution >= 4 is 10.0 Å². The highest BCUT2D eigenvalue weighted by molar-refractivity contribution is 7.89. The zero-order valence-corrected chi connectivity index (χ0v) is 11.8. The predicted molar refractivity (Wildman–Crippen MR) is 73.8 cm³/mol. The van der Waals surface area contributed by atoms with E-state index in [0.29, 0.717) is 5.88 Å². The van der Waals surface area contributed by atoms with Crippen LogP contribution in [0.25, 0.3) is 0 Å². The van der Waals surface area contributed by atoms with Gasteiger partial charge in [0, 0.05) is 12.3 Å². The number of nitrogens with zero attached hydrogens (tertiary/aromatic N) is 2. The largest absolute Gasteiger partial charge is 0.472 e. The highest BCUT2D eigenvalue weighted by Crippen LogP contribution is 2.24. The number of halogens is 1. The van der Waals surface area contributed by atoms with E-state index in [9.17, 15) is 12.8 Å². The lowest BCUT2D eigenvalue weighted by atomic mass is 10.2. The first-order chi connectivity index (χ1) is 10.1. The molecule has 3 rings (SSSR count). The van der Waals surface area contributed by atoms with Crippen molar-refractivity contribution in [1.82, 2.24) is 9.29 Å². The Morgan fingerprint density at radius 1 is 1.19 bits per heavy atom. The van der Waals surface area contributed by atoms with Crippen molar-refractivity contribution in [2.45, 2.75) is 11.0 Å². The minimum Gasteiger partial charge on any atom is -0.472 e. The van der Waals surface area contributed by atoms with Crippen molar-refractivity contribution in [3.63, 3.8) is 0 Å². The Morgan fingerprint density at radius 3 is 2.67 bits per heavy atom. The number of rotatable bonds is 4. The number of ether oxygens (including phenoxy) is 1. The standard InChI is InChI=1S/C14H13FN2O3S/c15-11-4-3-5-13(8-11)21(18,19)17-9-12(10-17)20-14-6-1-2-7-16-14/h1-8,12H,9-10H2. The highest BCUT2D eigenvalue weighted by atomic mass is 32.2. The van der Waals surface area contributed by atoms with E-state index in [-0.39, 0.29) is 24.1 Å². The summed E-state index contributed by atoms with van der Waals surface area (Å²) in [7, 11) is -3.66. The topological polar surface area (TPSA) is 59.5 Å². The van der Waals surface area contributed by atoms with E-state index in [2.05, 4.69) is 4.98 Å². The predicted octanol–water partition coefficient (Wildman–Crippen LogP) is 1.67. The van der Waals surface area contributed by atoms with Crippen molar-refractivity contribution in [2.24, 2.45) is 0 Å². The summed E-state index contributed by atoms with van der Waals surface area (Å²) in [6.45, 7) is 0.463. The van der Waals surface area contributed by atoms with E-state index in [1.165, 1.54) is 22.5 Å². The molecule has 110 valence electrons. The maximum Gasteiger partial charge on any atom is 0.243 e. The molecule has 1 fully saturated rings. The van der Waals surface area contributed by atoms with Crippen LogP contribution in [0.5, 0.6) is 5.88 Å². The molecular formula is C14H13FN2O3S. The van der Waals surface area contributed by atoms with Crippen molar-refractivity contribution in [1.29, 1.82) is 0 Å². The average Bonchev–Trinajstić information content (AvgIpc) is 2.43. The third-order valence-electron chi connectivity index (χ3n) is 3.17. The molecule has 0 N–H and O–H groups in total. The molecule has 1 aliphatic heterocycles. The Morgan fingerprint density at radius 2 is 2.00 bits per heavy atom. The van der Waals surface area contributed by atoms with Crippen LogP contribution in [0, 0.1) is 5.82 Å². The monoisotopic (exact) mass is 308 g/mol. The first-order valence-electron chi connectivity index (χ1n) is 6.39. The van der Waals surface area contributed by atoms with E-state index in [1.54, 1.807) is 24.4 Å². The molecule has 21 heavy (non-hydrogen) atoms. The van der Waals surface area contributed by atoms with Crippen LogP contribution in [0.4, 0.5) is 4.39 Å². The fourth-order valence-corrected chi connectivity index (χ4v) is 3.57. The van der Waals surface area contributed by atoms with Crippen LogP contribution in [-0.2, 0) is 10.0 Å². The van der Waals surface area contributed by atoms with Crippen LogP contribution in [0.3, 0.4) is 0 Å². The van der Waals surface area contributed by atoms with Gasteiger partial charge in [-0.2, -0.15) is 4.31 Å². The maximum absolute atomic E-state index is 13.1. The molecular weight excluding hydrogens is 295 g/mol.